The summed E-state index contributed by atoms with van der Waals surface area (Å²) >= 11 is 0. The second-order valence-electron chi connectivity index (χ2n) is 6.82. The number of rotatable bonds is 3. The minimum absolute atomic E-state index is 0. The molecule has 4 saturated heterocycles. The number of guanidine groups is 1. The van der Waals surface area contributed by atoms with Gasteiger partial charge in [-0.25, -0.2) is 4.79 Å². The van der Waals surface area contributed by atoms with Gasteiger partial charge in [-0.3, -0.25) is 14.8 Å². The number of hydrogen-bond acceptors (Lipinski definition) is 5. The molecule has 144 valence electrons. The van der Waals surface area contributed by atoms with Gasteiger partial charge in [-0.2, -0.15) is 0 Å². The Morgan fingerprint density at radius 2 is 1.84 bits per heavy atom. The largest absolute Gasteiger partial charge is 0.453 e. The number of methoxy groups -OCH3 is 1. The van der Waals surface area contributed by atoms with Crippen LogP contribution >= 0.6 is 24.0 Å². The Kier molecular flexibility index (Phi) is 8.01. The van der Waals surface area contributed by atoms with Gasteiger partial charge in [-0.15, -0.1) is 24.0 Å². The van der Waals surface area contributed by atoms with E-state index in [0.717, 1.165) is 45.0 Å². The number of nitrogens with zero attached hydrogens (tertiary/aromatic N) is 4. The molecular weight excluding hydrogens is 435 g/mol. The summed E-state index contributed by atoms with van der Waals surface area (Å²) in [5, 5.41) is 6.98. The third-order valence-corrected chi connectivity index (χ3v) is 5.39. The maximum Gasteiger partial charge on any atom is 0.409 e. The van der Waals surface area contributed by atoms with Crippen molar-refractivity contribution in [1.29, 1.82) is 0 Å². The maximum atomic E-state index is 11.5. The van der Waals surface area contributed by atoms with Gasteiger partial charge in [-0.05, 0) is 12.8 Å². The van der Waals surface area contributed by atoms with E-state index in [2.05, 4.69) is 25.4 Å². The number of aliphatic imine (C=N–C) groups is 1. The van der Waals surface area contributed by atoms with Gasteiger partial charge in [0.1, 0.15) is 0 Å². The molecule has 4 aliphatic heterocycles. The number of piperazine rings is 3. The Hall–Kier alpha value is -0.810. The third-order valence-electron chi connectivity index (χ3n) is 5.39. The summed E-state index contributed by atoms with van der Waals surface area (Å²) in [5.74, 6) is 0.865. The number of piperidine rings is 1. The van der Waals surface area contributed by atoms with Gasteiger partial charge < -0.3 is 20.3 Å². The van der Waals surface area contributed by atoms with Crippen LogP contribution in [0.5, 0.6) is 0 Å². The molecule has 0 spiro atoms. The average molecular weight is 466 g/mol. The van der Waals surface area contributed by atoms with Crippen LogP contribution in [0.15, 0.2) is 4.99 Å². The monoisotopic (exact) mass is 466 g/mol. The van der Waals surface area contributed by atoms with Gasteiger partial charge in [0.25, 0.3) is 0 Å². The number of amides is 1. The Morgan fingerprint density at radius 3 is 2.36 bits per heavy atom. The highest BCUT2D eigenvalue weighted by Gasteiger charge is 2.31. The number of halogens is 1. The molecule has 25 heavy (non-hydrogen) atoms. The number of nitrogens with one attached hydrogen (secondary N) is 2. The van der Waals surface area contributed by atoms with Gasteiger partial charge in [0, 0.05) is 71.5 Å². The Labute approximate surface area is 167 Å². The van der Waals surface area contributed by atoms with E-state index >= 15 is 0 Å². The van der Waals surface area contributed by atoms with Gasteiger partial charge in [0.15, 0.2) is 5.96 Å². The van der Waals surface area contributed by atoms with E-state index in [4.69, 9.17) is 4.74 Å². The fourth-order valence-electron chi connectivity index (χ4n) is 3.86. The number of carbonyl (C=O) groups excluding carboxylic acids is 1. The van der Waals surface area contributed by atoms with E-state index in [1.165, 1.54) is 33.3 Å². The molecule has 4 aliphatic rings. The standard InChI is InChI=1S/C16H30N6O2.HI/c1-17-15(18-11-14-12-20-7-9-21(14)10-8-20)19-13-3-5-22(6-4-13)16(23)24-2;/h13-14H,3-12H2,1-2H3,(H2,17,18,19);1H. The summed E-state index contributed by atoms with van der Waals surface area (Å²) in [6.45, 7) is 8.33. The first-order valence-corrected chi connectivity index (χ1v) is 8.96. The van der Waals surface area contributed by atoms with Gasteiger partial charge in [0.2, 0.25) is 0 Å². The zero-order valence-electron chi connectivity index (χ0n) is 15.2. The van der Waals surface area contributed by atoms with E-state index in [-0.39, 0.29) is 30.1 Å². The molecule has 1 amide bonds. The van der Waals surface area contributed by atoms with Crippen LogP contribution in [-0.4, -0.2) is 105 Å². The van der Waals surface area contributed by atoms with Crippen LogP contribution in [0.3, 0.4) is 0 Å². The van der Waals surface area contributed by atoms with E-state index in [9.17, 15) is 4.79 Å². The van der Waals surface area contributed by atoms with E-state index in [1.807, 2.05) is 7.05 Å². The number of carbonyl (C=O) groups is 1. The molecular formula is C16H31IN6O2. The van der Waals surface area contributed by atoms with Crippen molar-refractivity contribution in [3.63, 3.8) is 0 Å². The molecule has 2 bridgehead atoms. The molecule has 4 heterocycles. The molecule has 8 nitrogen and oxygen atoms in total. The van der Waals surface area contributed by atoms with Gasteiger partial charge >= 0.3 is 6.09 Å². The summed E-state index contributed by atoms with van der Waals surface area (Å²) < 4.78 is 4.78. The number of fused-ring (bicyclic) bond motifs is 3. The van der Waals surface area contributed by atoms with Crippen LogP contribution in [0.1, 0.15) is 12.8 Å². The first-order valence-electron chi connectivity index (χ1n) is 8.96. The fraction of sp³-hybridized carbons (Fsp3) is 0.875. The first-order chi connectivity index (χ1) is 11.7. The van der Waals surface area contributed by atoms with Crippen molar-refractivity contribution in [1.82, 2.24) is 25.3 Å². The fourth-order valence-corrected chi connectivity index (χ4v) is 3.86. The van der Waals surface area contributed by atoms with Crippen LogP contribution in [0.25, 0.3) is 0 Å². The van der Waals surface area contributed by atoms with Crippen molar-refractivity contribution >= 4 is 36.0 Å². The SMILES string of the molecule is CN=C(NCC1CN2CCN1CC2)NC1CCN(C(=O)OC)CC1.I. The molecule has 4 fully saturated rings. The summed E-state index contributed by atoms with van der Waals surface area (Å²) in [6, 6.07) is 0.927. The molecule has 0 aliphatic carbocycles. The second-order valence-corrected chi connectivity index (χ2v) is 6.82. The topological polar surface area (TPSA) is 72.4 Å². The van der Waals surface area contributed by atoms with Crippen LogP contribution in [0.2, 0.25) is 0 Å². The van der Waals surface area contributed by atoms with Gasteiger partial charge in [0.05, 0.1) is 7.11 Å². The minimum Gasteiger partial charge on any atom is -0.453 e. The molecule has 9 heteroatoms. The smallest absolute Gasteiger partial charge is 0.409 e. The summed E-state index contributed by atoms with van der Waals surface area (Å²) in [4.78, 5) is 22.8. The van der Waals surface area contributed by atoms with Crippen LogP contribution in [0.4, 0.5) is 4.79 Å². The van der Waals surface area contributed by atoms with E-state index in [0.29, 0.717) is 12.1 Å². The molecule has 0 saturated carbocycles. The quantitative estimate of drug-likeness (QED) is 0.347. The van der Waals surface area contributed by atoms with Crippen molar-refractivity contribution in [2.45, 2.75) is 24.9 Å². The van der Waals surface area contributed by atoms with E-state index < -0.39 is 0 Å². The summed E-state index contributed by atoms with van der Waals surface area (Å²) in [5.41, 5.74) is 0. The molecule has 1 unspecified atom stereocenters. The number of hydrogen-bond donors (Lipinski definition) is 2. The molecule has 0 aromatic rings. The Balaban J connectivity index is 0.00000225. The van der Waals surface area contributed by atoms with Crippen molar-refractivity contribution < 1.29 is 9.53 Å². The second kappa shape index (κ2) is 9.77. The molecule has 1 atom stereocenters. The lowest BCUT2D eigenvalue weighted by Crippen LogP contribution is -2.64. The molecule has 4 rings (SSSR count). The van der Waals surface area contributed by atoms with Crippen LogP contribution in [0, 0.1) is 0 Å². The van der Waals surface area contributed by atoms with Crippen LogP contribution in [-0.2, 0) is 4.74 Å². The normalized spacial score (nSPS) is 29.8. The highest BCUT2D eigenvalue weighted by molar-refractivity contribution is 14.0. The predicted octanol–water partition coefficient (Wildman–Crippen LogP) is 0.00000000000000294. The first kappa shape index (κ1) is 20.5. The zero-order chi connectivity index (χ0) is 16.9. The zero-order valence-corrected chi connectivity index (χ0v) is 17.6. The van der Waals surface area contributed by atoms with Crippen molar-refractivity contribution in [2.75, 3.05) is 66.5 Å². The molecule has 0 aromatic heterocycles. The molecule has 2 N–H and O–H groups in total. The van der Waals surface area contributed by atoms with Crippen molar-refractivity contribution in [3.05, 3.63) is 0 Å². The number of ether oxygens (including phenoxy) is 1. The highest BCUT2D eigenvalue weighted by Crippen LogP contribution is 2.15. The maximum absolute atomic E-state index is 11.5. The average Bonchev–Trinajstić information content (AvgIpc) is 2.66. The van der Waals surface area contributed by atoms with Crippen molar-refractivity contribution in [2.24, 2.45) is 4.99 Å². The lowest BCUT2D eigenvalue weighted by Gasteiger charge is -2.47. The Morgan fingerprint density at radius 1 is 1.16 bits per heavy atom. The third kappa shape index (κ3) is 5.33. The van der Waals surface area contributed by atoms with E-state index in [1.54, 1.807) is 4.90 Å². The predicted molar refractivity (Wildman–Crippen MR) is 109 cm³/mol. The minimum atomic E-state index is -0.229. The Bertz CT molecular complexity index is 462. The molecule has 0 radical (unpaired) electrons. The lowest BCUT2D eigenvalue weighted by atomic mass is 10.1. The highest BCUT2D eigenvalue weighted by atomic mass is 127. The summed E-state index contributed by atoms with van der Waals surface area (Å²) in [7, 11) is 3.25. The summed E-state index contributed by atoms with van der Waals surface area (Å²) in [6.07, 6.45) is 1.60. The van der Waals surface area contributed by atoms with Crippen molar-refractivity contribution in [3.8, 4) is 0 Å². The number of likely N-dealkylation sites (tertiary alicyclic amines) is 1. The van der Waals surface area contributed by atoms with Gasteiger partial charge in [-0.1, -0.05) is 0 Å². The van der Waals surface area contributed by atoms with Crippen LogP contribution < -0.4 is 10.6 Å². The lowest BCUT2D eigenvalue weighted by molar-refractivity contribution is 0.0154. The molecule has 0 aromatic carbocycles.